The van der Waals surface area contributed by atoms with E-state index in [1.807, 2.05) is 12.1 Å². The van der Waals surface area contributed by atoms with E-state index in [2.05, 4.69) is 20.7 Å². The van der Waals surface area contributed by atoms with Crippen molar-refractivity contribution in [2.75, 3.05) is 25.1 Å². The van der Waals surface area contributed by atoms with Crippen LogP contribution in [0, 0.1) is 0 Å². The van der Waals surface area contributed by atoms with E-state index in [1.165, 1.54) is 6.42 Å². The molecule has 3 N–H and O–H groups in total. The van der Waals surface area contributed by atoms with Crippen molar-refractivity contribution in [3.63, 3.8) is 0 Å². The van der Waals surface area contributed by atoms with Crippen LogP contribution >= 0.6 is 0 Å². The summed E-state index contributed by atoms with van der Waals surface area (Å²) in [4.78, 5) is 18.1. The Hall–Kier alpha value is -1.66. The van der Waals surface area contributed by atoms with E-state index in [-0.39, 0.29) is 18.6 Å². The third kappa shape index (κ3) is 4.47. The largest absolute Gasteiger partial charge is 0.395 e. The van der Waals surface area contributed by atoms with Gasteiger partial charge >= 0.3 is 0 Å². The number of hydrogen-bond acceptors (Lipinski definition) is 5. The van der Waals surface area contributed by atoms with Crippen molar-refractivity contribution < 1.29 is 9.90 Å². The van der Waals surface area contributed by atoms with Crippen molar-refractivity contribution in [1.29, 1.82) is 0 Å². The summed E-state index contributed by atoms with van der Waals surface area (Å²) in [6.45, 7) is 1.27. The molecule has 0 spiro atoms. The second-order valence-electron chi connectivity index (χ2n) is 5.04. The van der Waals surface area contributed by atoms with Crippen LogP contribution < -0.4 is 10.9 Å². The maximum Gasteiger partial charge on any atom is 0.252 e. The van der Waals surface area contributed by atoms with E-state index in [9.17, 15) is 9.90 Å². The maximum atomic E-state index is 11.9. The zero-order valence-corrected chi connectivity index (χ0v) is 11.6. The number of aliphatic hydroxyl groups is 1. The molecule has 1 unspecified atom stereocenters. The Labute approximate surface area is 119 Å². The molecule has 0 aromatic carbocycles. The Bertz CT molecular complexity index is 413. The van der Waals surface area contributed by atoms with Gasteiger partial charge in [-0.2, -0.15) is 0 Å². The molecule has 1 saturated heterocycles. The molecular formula is C14H22N4O2. The summed E-state index contributed by atoms with van der Waals surface area (Å²) in [5.41, 5.74) is 5.42. The number of carbonyl (C=O) groups excluding carboxylic acids is 1. The zero-order valence-electron chi connectivity index (χ0n) is 11.6. The first-order chi connectivity index (χ1) is 9.79. The monoisotopic (exact) mass is 278 g/mol. The molecule has 6 nitrogen and oxygen atoms in total. The van der Waals surface area contributed by atoms with Crippen molar-refractivity contribution in [2.45, 2.75) is 31.7 Å². The number of hydrogen-bond donors (Lipinski definition) is 3. The summed E-state index contributed by atoms with van der Waals surface area (Å²) >= 11 is 0. The molecule has 1 aromatic heterocycles. The molecule has 0 bridgehead atoms. The van der Waals surface area contributed by atoms with Crippen LogP contribution in [-0.4, -0.2) is 46.6 Å². The first kappa shape index (κ1) is 14.7. The van der Waals surface area contributed by atoms with Crippen molar-refractivity contribution >= 4 is 11.7 Å². The van der Waals surface area contributed by atoms with Crippen molar-refractivity contribution in [2.24, 2.45) is 0 Å². The van der Waals surface area contributed by atoms with Crippen LogP contribution in [0.4, 0.5) is 5.82 Å². The Kier molecular flexibility index (Phi) is 5.76. The second-order valence-corrected chi connectivity index (χ2v) is 5.04. The summed E-state index contributed by atoms with van der Waals surface area (Å²) in [5.74, 6) is 0.492. The van der Waals surface area contributed by atoms with Crippen LogP contribution in [0.25, 0.3) is 0 Å². The Morgan fingerprint density at radius 3 is 3.05 bits per heavy atom. The normalized spacial score (nSPS) is 20.1. The summed E-state index contributed by atoms with van der Waals surface area (Å²) < 4.78 is 0. The van der Waals surface area contributed by atoms with E-state index >= 15 is 0 Å². The van der Waals surface area contributed by atoms with E-state index in [1.54, 1.807) is 12.3 Å². The van der Waals surface area contributed by atoms with Gasteiger partial charge in [0.1, 0.15) is 5.82 Å². The molecule has 1 fully saturated rings. The van der Waals surface area contributed by atoms with Crippen molar-refractivity contribution in [3.8, 4) is 0 Å². The Morgan fingerprint density at radius 2 is 2.30 bits per heavy atom. The number of amides is 1. The molecule has 1 aliphatic heterocycles. The van der Waals surface area contributed by atoms with Crippen LogP contribution in [-0.2, 0) is 4.79 Å². The van der Waals surface area contributed by atoms with E-state index in [4.69, 9.17) is 0 Å². The summed E-state index contributed by atoms with van der Waals surface area (Å²) in [6.07, 6.45) is 5.98. The Balaban J connectivity index is 1.80. The van der Waals surface area contributed by atoms with Gasteiger partial charge in [-0.15, -0.1) is 0 Å². The minimum Gasteiger partial charge on any atom is -0.395 e. The highest BCUT2D eigenvalue weighted by Gasteiger charge is 2.22. The van der Waals surface area contributed by atoms with Gasteiger partial charge in [0.15, 0.2) is 0 Å². The molecule has 6 heteroatoms. The number of aliphatic hydroxyl groups excluding tert-OH is 1. The number of nitrogens with zero attached hydrogens (tertiary/aromatic N) is 2. The van der Waals surface area contributed by atoms with Gasteiger partial charge in [0.25, 0.3) is 5.91 Å². The van der Waals surface area contributed by atoms with Gasteiger partial charge < -0.3 is 5.11 Å². The molecule has 0 aliphatic carbocycles. The lowest BCUT2D eigenvalue weighted by molar-refractivity contribution is -0.122. The fourth-order valence-corrected chi connectivity index (χ4v) is 2.45. The van der Waals surface area contributed by atoms with Gasteiger partial charge in [-0.1, -0.05) is 18.9 Å². The standard InChI is InChI=1S/C14H22N4O2/c19-11-12-6-2-1-5-9-18(12)10-14(20)17-16-13-7-3-4-8-15-13/h3-4,7-8,12,19H,1-2,5-6,9-11H2,(H,15,16)(H,17,20). The van der Waals surface area contributed by atoms with Crippen LogP contribution in [0.5, 0.6) is 0 Å². The fraction of sp³-hybridized carbons (Fsp3) is 0.571. The number of hydrazine groups is 1. The predicted octanol–water partition coefficient (Wildman–Crippen LogP) is 0.762. The lowest BCUT2D eigenvalue weighted by Gasteiger charge is -2.27. The van der Waals surface area contributed by atoms with Crippen LogP contribution in [0.2, 0.25) is 0 Å². The topological polar surface area (TPSA) is 77.5 Å². The SMILES string of the molecule is O=C(CN1CCCCCC1CO)NNc1ccccn1. The number of pyridine rings is 1. The molecule has 1 aromatic rings. The number of nitrogens with one attached hydrogen (secondary N) is 2. The molecule has 110 valence electrons. The lowest BCUT2D eigenvalue weighted by Crippen LogP contribution is -2.45. The van der Waals surface area contributed by atoms with Crippen molar-refractivity contribution in [3.05, 3.63) is 24.4 Å². The highest BCUT2D eigenvalue weighted by molar-refractivity contribution is 5.79. The van der Waals surface area contributed by atoms with E-state index < -0.39 is 0 Å². The van der Waals surface area contributed by atoms with Gasteiger partial charge in [-0.25, -0.2) is 4.98 Å². The summed E-state index contributed by atoms with van der Waals surface area (Å²) in [6, 6.07) is 5.54. The van der Waals surface area contributed by atoms with Crippen molar-refractivity contribution in [1.82, 2.24) is 15.3 Å². The highest BCUT2D eigenvalue weighted by atomic mass is 16.3. The number of likely N-dealkylation sites (tertiary alicyclic amines) is 1. The van der Waals surface area contributed by atoms with Gasteiger partial charge in [0.2, 0.25) is 0 Å². The fourth-order valence-electron chi connectivity index (χ4n) is 2.45. The molecule has 1 amide bonds. The molecule has 0 radical (unpaired) electrons. The van der Waals surface area contributed by atoms with Gasteiger partial charge in [0, 0.05) is 12.2 Å². The average molecular weight is 278 g/mol. The molecule has 1 atom stereocenters. The molecule has 1 aliphatic rings. The van der Waals surface area contributed by atoms with Crippen LogP contribution in [0.3, 0.4) is 0 Å². The van der Waals surface area contributed by atoms with Gasteiger partial charge in [-0.05, 0) is 31.5 Å². The number of carbonyl (C=O) groups is 1. The number of aromatic nitrogens is 1. The van der Waals surface area contributed by atoms with Crippen LogP contribution in [0.1, 0.15) is 25.7 Å². The first-order valence-electron chi connectivity index (χ1n) is 7.10. The highest BCUT2D eigenvalue weighted by Crippen LogP contribution is 2.15. The van der Waals surface area contributed by atoms with Gasteiger partial charge in [0.05, 0.1) is 13.2 Å². The van der Waals surface area contributed by atoms with Crippen LogP contribution in [0.15, 0.2) is 24.4 Å². The lowest BCUT2D eigenvalue weighted by atomic mass is 10.1. The predicted molar refractivity (Wildman–Crippen MR) is 76.9 cm³/mol. The summed E-state index contributed by atoms with van der Waals surface area (Å²) in [7, 11) is 0. The minimum atomic E-state index is -0.115. The molecule has 2 rings (SSSR count). The zero-order chi connectivity index (χ0) is 14.2. The van der Waals surface area contributed by atoms with E-state index in [0.29, 0.717) is 12.4 Å². The number of anilines is 1. The molecule has 0 saturated carbocycles. The Morgan fingerprint density at radius 1 is 1.40 bits per heavy atom. The minimum absolute atomic E-state index is 0.0955. The maximum absolute atomic E-state index is 11.9. The smallest absolute Gasteiger partial charge is 0.252 e. The molecule has 20 heavy (non-hydrogen) atoms. The summed E-state index contributed by atoms with van der Waals surface area (Å²) in [5, 5.41) is 9.41. The third-order valence-electron chi connectivity index (χ3n) is 3.55. The van der Waals surface area contributed by atoms with E-state index in [0.717, 1.165) is 25.8 Å². The van der Waals surface area contributed by atoms with Gasteiger partial charge in [-0.3, -0.25) is 20.5 Å². The molecule has 2 heterocycles. The quantitative estimate of drug-likeness (QED) is 0.693. The molecular weight excluding hydrogens is 256 g/mol. The third-order valence-corrected chi connectivity index (χ3v) is 3.55. The number of rotatable bonds is 5. The average Bonchev–Trinajstić information content (AvgIpc) is 2.71. The second kappa shape index (κ2) is 7.81. The first-order valence-corrected chi connectivity index (χ1v) is 7.10.